The van der Waals surface area contributed by atoms with Crippen molar-refractivity contribution < 1.29 is 14.7 Å². The first-order valence-corrected chi connectivity index (χ1v) is 12.2. The number of carboxylic acid groups (broad SMARTS) is 1. The van der Waals surface area contributed by atoms with Crippen molar-refractivity contribution in [2.75, 3.05) is 0 Å². The van der Waals surface area contributed by atoms with E-state index in [4.69, 9.17) is 5.11 Å². The Labute approximate surface area is 205 Å². The van der Waals surface area contributed by atoms with Gasteiger partial charge in [0.2, 0.25) is 5.91 Å². The molecule has 2 N–H and O–H groups in total. The molecular weight excluding hydrogens is 462 g/mol. The van der Waals surface area contributed by atoms with E-state index in [0.717, 1.165) is 32.5 Å². The van der Waals surface area contributed by atoms with E-state index in [1.807, 2.05) is 73.0 Å². The third-order valence-corrected chi connectivity index (χ3v) is 7.08. The summed E-state index contributed by atoms with van der Waals surface area (Å²) in [6.07, 6.45) is -0.0744. The molecule has 0 unspecified atom stereocenters. The summed E-state index contributed by atoms with van der Waals surface area (Å²) in [4.78, 5) is 41.5. The normalized spacial score (nSPS) is 15.4. The van der Waals surface area contributed by atoms with E-state index in [1.165, 1.54) is 16.3 Å². The lowest BCUT2D eigenvalue weighted by Crippen LogP contribution is -2.26. The molecule has 176 valence electrons. The zero-order valence-electron chi connectivity index (χ0n) is 19.0. The van der Waals surface area contributed by atoms with E-state index in [0.29, 0.717) is 17.7 Å². The molecule has 7 nitrogen and oxygen atoms in total. The predicted octanol–water partition coefficient (Wildman–Crippen LogP) is 5.11. The third kappa shape index (κ3) is 4.40. The summed E-state index contributed by atoms with van der Waals surface area (Å²) in [5.74, 6) is -1.42. The number of fused-ring (bicyclic) bond motifs is 1. The van der Waals surface area contributed by atoms with Crippen LogP contribution in [-0.4, -0.2) is 32.7 Å². The Morgan fingerprint density at radius 1 is 1.09 bits per heavy atom. The maximum atomic E-state index is 13.5. The van der Waals surface area contributed by atoms with Crippen LogP contribution in [0.2, 0.25) is 0 Å². The number of carboxylic acids is 1. The molecule has 1 aliphatic rings. The fourth-order valence-corrected chi connectivity index (χ4v) is 5.33. The topological polar surface area (TPSA) is 103 Å². The lowest BCUT2D eigenvalue weighted by Gasteiger charge is -2.20. The average molecular weight is 486 g/mol. The van der Waals surface area contributed by atoms with Crippen molar-refractivity contribution >= 4 is 39.8 Å². The second-order valence-corrected chi connectivity index (χ2v) is 9.51. The Hall–Kier alpha value is -4.04. The summed E-state index contributed by atoms with van der Waals surface area (Å²) in [5.41, 5.74) is 4.09. The number of benzene rings is 2. The summed E-state index contributed by atoms with van der Waals surface area (Å²) >= 11 is 1.50. The number of amides is 1. The molecule has 0 saturated carbocycles. The summed E-state index contributed by atoms with van der Waals surface area (Å²) in [6, 6.07) is 19.1. The van der Waals surface area contributed by atoms with Crippen molar-refractivity contribution in [1.82, 2.24) is 9.99 Å². The van der Waals surface area contributed by atoms with Gasteiger partial charge >= 0.3 is 5.97 Å². The van der Waals surface area contributed by atoms with Crippen LogP contribution in [0, 0.1) is 6.92 Å². The average Bonchev–Trinajstić information content (AvgIpc) is 3.52. The molecule has 0 saturated heterocycles. The number of rotatable bonds is 6. The Morgan fingerprint density at radius 2 is 1.89 bits per heavy atom. The van der Waals surface area contributed by atoms with Crippen LogP contribution < -0.4 is 5.56 Å². The van der Waals surface area contributed by atoms with Gasteiger partial charge in [0.05, 0.1) is 23.7 Å². The van der Waals surface area contributed by atoms with E-state index in [2.05, 4.69) is 10.1 Å². The van der Waals surface area contributed by atoms with Gasteiger partial charge in [-0.1, -0.05) is 48.5 Å². The van der Waals surface area contributed by atoms with Crippen LogP contribution in [0.15, 0.2) is 75.9 Å². The molecule has 0 aliphatic carbocycles. The quantitative estimate of drug-likeness (QED) is 0.396. The number of carbonyl (C=O) groups excluding carboxylic acids is 1. The second-order valence-electron chi connectivity index (χ2n) is 8.53. The number of hydrazone groups is 1. The Morgan fingerprint density at radius 3 is 2.60 bits per heavy atom. The lowest BCUT2D eigenvalue weighted by molar-refractivity contribution is -0.141. The highest BCUT2D eigenvalue weighted by molar-refractivity contribution is 7.10. The predicted molar refractivity (Wildman–Crippen MR) is 137 cm³/mol. The van der Waals surface area contributed by atoms with Crippen LogP contribution in [0.5, 0.6) is 0 Å². The fourth-order valence-electron chi connectivity index (χ4n) is 4.51. The van der Waals surface area contributed by atoms with E-state index in [9.17, 15) is 14.4 Å². The molecule has 0 bridgehead atoms. The van der Waals surface area contributed by atoms with Crippen molar-refractivity contribution in [3.8, 4) is 11.1 Å². The molecule has 0 spiro atoms. The lowest BCUT2D eigenvalue weighted by atomic mass is 9.91. The standard InChI is InChI=1S/C27H23N3O4S/c1-16-9-10-18-19(14-16)28-27(34)26(25(18)17-6-3-2-4-7-17)20-15-21(22-8-5-13-35-22)30(29-20)23(31)11-12-24(32)33/h2-10,13-14,21H,11-12,15H2,1H3,(H,28,34)(H,32,33)/t21-/m0/s1. The van der Waals surface area contributed by atoms with Crippen molar-refractivity contribution in [2.45, 2.75) is 32.2 Å². The minimum atomic E-state index is -1.04. The second kappa shape index (κ2) is 9.31. The molecule has 0 fully saturated rings. The molecule has 2 aromatic carbocycles. The number of aromatic nitrogens is 1. The minimum Gasteiger partial charge on any atom is -0.481 e. The van der Waals surface area contributed by atoms with Gasteiger partial charge < -0.3 is 10.1 Å². The van der Waals surface area contributed by atoms with Gasteiger partial charge in [0, 0.05) is 34.2 Å². The van der Waals surface area contributed by atoms with Crippen LogP contribution in [0.25, 0.3) is 22.0 Å². The number of nitrogens with zero attached hydrogens (tertiary/aromatic N) is 2. The first kappa shape index (κ1) is 22.7. The van der Waals surface area contributed by atoms with Crippen LogP contribution in [0.3, 0.4) is 0 Å². The van der Waals surface area contributed by atoms with E-state index in [-0.39, 0.29) is 30.3 Å². The highest BCUT2D eigenvalue weighted by Crippen LogP contribution is 2.38. The van der Waals surface area contributed by atoms with Crippen LogP contribution in [0.4, 0.5) is 0 Å². The van der Waals surface area contributed by atoms with E-state index < -0.39 is 5.97 Å². The number of hydrogen-bond donors (Lipinski definition) is 2. The van der Waals surface area contributed by atoms with Gasteiger partial charge in [-0.05, 0) is 35.6 Å². The number of thiophene rings is 1. The van der Waals surface area contributed by atoms with E-state index >= 15 is 0 Å². The Bertz CT molecular complexity index is 1510. The molecule has 1 aliphatic heterocycles. The summed E-state index contributed by atoms with van der Waals surface area (Å²) in [6.45, 7) is 1.97. The SMILES string of the molecule is Cc1ccc2c(-c3ccccc3)c(C3=NN(C(=O)CCC(=O)O)[C@H](c4cccs4)C3)c(=O)[nH]c2c1. The van der Waals surface area contributed by atoms with Gasteiger partial charge in [-0.2, -0.15) is 5.10 Å². The molecular formula is C27H23N3O4S. The Kier molecular flexibility index (Phi) is 6.05. The number of aliphatic carboxylic acids is 1. The summed E-state index contributed by atoms with van der Waals surface area (Å²) in [5, 5.41) is 17.9. The number of nitrogens with one attached hydrogen (secondary N) is 1. The molecule has 8 heteroatoms. The van der Waals surface area contributed by atoms with Crippen molar-refractivity contribution in [3.63, 3.8) is 0 Å². The number of H-pyrrole nitrogens is 1. The van der Waals surface area contributed by atoms with Crippen LogP contribution in [-0.2, 0) is 9.59 Å². The smallest absolute Gasteiger partial charge is 0.303 e. The van der Waals surface area contributed by atoms with Gasteiger partial charge in [0.25, 0.3) is 5.56 Å². The summed E-state index contributed by atoms with van der Waals surface area (Å²) < 4.78 is 0. The monoisotopic (exact) mass is 485 g/mol. The van der Waals surface area contributed by atoms with Crippen molar-refractivity contribution in [1.29, 1.82) is 0 Å². The van der Waals surface area contributed by atoms with Gasteiger partial charge in [0.1, 0.15) is 0 Å². The van der Waals surface area contributed by atoms with Crippen molar-refractivity contribution in [3.05, 3.63) is 92.4 Å². The highest BCUT2D eigenvalue weighted by atomic mass is 32.1. The van der Waals surface area contributed by atoms with Gasteiger partial charge in [-0.25, -0.2) is 5.01 Å². The molecule has 5 rings (SSSR count). The highest BCUT2D eigenvalue weighted by Gasteiger charge is 2.35. The maximum Gasteiger partial charge on any atom is 0.303 e. The third-order valence-electron chi connectivity index (χ3n) is 6.11. The first-order valence-electron chi connectivity index (χ1n) is 11.3. The van der Waals surface area contributed by atoms with Crippen molar-refractivity contribution in [2.24, 2.45) is 5.10 Å². The van der Waals surface area contributed by atoms with E-state index in [1.54, 1.807) is 0 Å². The zero-order chi connectivity index (χ0) is 24.5. The van der Waals surface area contributed by atoms with Gasteiger partial charge in [0.15, 0.2) is 0 Å². The number of aromatic amines is 1. The summed E-state index contributed by atoms with van der Waals surface area (Å²) in [7, 11) is 0. The Balaban J connectivity index is 1.69. The molecule has 1 amide bonds. The first-order chi connectivity index (χ1) is 16.9. The number of hydrogen-bond acceptors (Lipinski definition) is 5. The fraction of sp³-hybridized carbons (Fsp3) is 0.185. The largest absolute Gasteiger partial charge is 0.481 e. The minimum absolute atomic E-state index is 0.160. The number of aryl methyl sites for hydroxylation is 1. The van der Waals surface area contributed by atoms with Gasteiger partial charge in [-0.15, -0.1) is 11.3 Å². The maximum absolute atomic E-state index is 13.5. The molecule has 3 heterocycles. The molecule has 0 radical (unpaired) electrons. The molecule has 1 atom stereocenters. The molecule has 35 heavy (non-hydrogen) atoms. The number of pyridine rings is 1. The van der Waals surface area contributed by atoms with Crippen LogP contribution in [0.1, 0.15) is 41.3 Å². The number of carbonyl (C=O) groups is 2. The molecule has 2 aromatic heterocycles. The molecule has 4 aromatic rings. The van der Waals surface area contributed by atoms with Gasteiger partial charge in [-0.3, -0.25) is 14.4 Å². The van der Waals surface area contributed by atoms with Crippen LogP contribution >= 0.6 is 11.3 Å². The zero-order valence-corrected chi connectivity index (χ0v) is 19.8.